The van der Waals surface area contributed by atoms with Gasteiger partial charge in [-0.1, -0.05) is 24.3 Å². The zero-order valence-corrected chi connectivity index (χ0v) is 6.94. The summed E-state index contributed by atoms with van der Waals surface area (Å²) in [7, 11) is 0. The average molecular weight is 160 g/mol. The molecule has 62 valence electrons. The number of carbonyl (C=O) groups is 1. The lowest BCUT2D eigenvalue weighted by Gasteiger charge is -2.29. The first-order valence-corrected chi connectivity index (χ1v) is 4.75. The Morgan fingerprint density at radius 3 is 3.08 bits per heavy atom. The molecular formula is C11H12O. The predicted molar refractivity (Wildman–Crippen MR) is 46.5 cm³/mol. The number of ketones is 1. The van der Waals surface area contributed by atoms with E-state index in [4.69, 9.17) is 0 Å². The smallest absolute Gasteiger partial charge is 0.146 e. The van der Waals surface area contributed by atoms with E-state index in [-0.39, 0.29) is 11.8 Å². The molecule has 1 heteroatoms. The molecule has 1 unspecified atom stereocenters. The molecule has 0 N–H and O–H groups in total. The van der Waals surface area contributed by atoms with Crippen LogP contribution in [-0.4, -0.2) is 5.78 Å². The van der Waals surface area contributed by atoms with Crippen molar-refractivity contribution in [3.63, 3.8) is 0 Å². The number of Topliss-reactive ketones (excluding diaryl/α,β-unsaturated/α-hetero) is 1. The number of hydrogen-bond donors (Lipinski definition) is 0. The van der Waals surface area contributed by atoms with Crippen molar-refractivity contribution in [3.8, 4) is 0 Å². The summed E-state index contributed by atoms with van der Waals surface area (Å²) in [6.45, 7) is 0. The van der Waals surface area contributed by atoms with Gasteiger partial charge < -0.3 is 0 Å². The molecule has 1 nitrogen and oxygen atoms in total. The van der Waals surface area contributed by atoms with Gasteiger partial charge in [0.25, 0.3) is 0 Å². The van der Waals surface area contributed by atoms with Gasteiger partial charge in [0.1, 0.15) is 5.78 Å². The van der Waals surface area contributed by atoms with Gasteiger partial charge in [-0.15, -0.1) is 0 Å². The molecule has 0 aromatic heterocycles. The molecule has 0 saturated heterocycles. The fourth-order valence-corrected chi connectivity index (χ4v) is 2.92. The molecule has 12 heavy (non-hydrogen) atoms. The van der Waals surface area contributed by atoms with Gasteiger partial charge in [-0.25, -0.2) is 0 Å². The van der Waals surface area contributed by atoms with Crippen molar-refractivity contribution in [1.29, 1.82) is 0 Å². The highest BCUT2D eigenvalue weighted by Gasteiger charge is 2.44. The van der Waals surface area contributed by atoms with Gasteiger partial charge in [0, 0.05) is 11.8 Å². The van der Waals surface area contributed by atoms with Crippen LogP contribution in [0.25, 0.3) is 0 Å². The van der Waals surface area contributed by atoms with Crippen LogP contribution in [-0.2, 0) is 4.79 Å². The summed E-state index contributed by atoms with van der Waals surface area (Å²) in [5.41, 5.74) is 0. The largest absolute Gasteiger partial charge is 0.298 e. The molecule has 0 aliphatic heterocycles. The van der Waals surface area contributed by atoms with Crippen molar-refractivity contribution in [2.75, 3.05) is 0 Å². The van der Waals surface area contributed by atoms with Gasteiger partial charge in [0.2, 0.25) is 0 Å². The van der Waals surface area contributed by atoms with Crippen molar-refractivity contribution >= 4 is 5.78 Å². The minimum atomic E-state index is 0.244. The highest BCUT2D eigenvalue weighted by Crippen LogP contribution is 2.46. The third kappa shape index (κ3) is 0.669. The number of hydrogen-bond acceptors (Lipinski definition) is 1. The number of allylic oxidation sites excluding steroid dienone is 4. The topological polar surface area (TPSA) is 17.1 Å². The predicted octanol–water partition coefficient (Wildman–Crippen LogP) is 1.95. The van der Waals surface area contributed by atoms with Gasteiger partial charge in [0.05, 0.1) is 0 Å². The summed E-state index contributed by atoms with van der Waals surface area (Å²) < 4.78 is 0. The van der Waals surface area contributed by atoms with Crippen LogP contribution < -0.4 is 0 Å². The maximum atomic E-state index is 11.8. The van der Waals surface area contributed by atoms with E-state index in [9.17, 15) is 4.79 Å². The van der Waals surface area contributed by atoms with E-state index in [1.165, 1.54) is 0 Å². The van der Waals surface area contributed by atoms with Crippen LogP contribution in [0.4, 0.5) is 0 Å². The lowest BCUT2D eigenvalue weighted by atomic mass is 9.73. The first kappa shape index (κ1) is 6.64. The lowest BCUT2D eigenvalue weighted by molar-refractivity contribution is -0.127. The molecule has 0 spiro atoms. The number of rotatable bonds is 0. The van der Waals surface area contributed by atoms with E-state index in [1.807, 2.05) is 0 Å². The number of fused-ring (bicyclic) bond motifs is 1. The van der Waals surface area contributed by atoms with Crippen LogP contribution in [0.2, 0.25) is 0 Å². The molecule has 4 aliphatic rings. The molecular weight excluding hydrogens is 148 g/mol. The highest BCUT2D eigenvalue weighted by atomic mass is 16.1. The maximum absolute atomic E-state index is 11.8. The maximum Gasteiger partial charge on any atom is 0.146 e. The Bertz CT molecular complexity index is 287. The molecule has 0 aromatic rings. The Morgan fingerprint density at radius 2 is 2.17 bits per heavy atom. The van der Waals surface area contributed by atoms with E-state index in [2.05, 4.69) is 24.3 Å². The van der Waals surface area contributed by atoms with E-state index < -0.39 is 0 Å². The zero-order chi connectivity index (χ0) is 8.13. The van der Waals surface area contributed by atoms with E-state index in [0.717, 1.165) is 12.8 Å². The van der Waals surface area contributed by atoms with Crippen molar-refractivity contribution < 1.29 is 4.79 Å². The summed E-state index contributed by atoms with van der Waals surface area (Å²) in [6.07, 6.45) is 10.9. The molecule has 4 rings (SSSR count). The quantitative estimate of drug-likeness (QED) is 0.495. The van der Waals surface area contributed by atoms with Crippen LogP contribution in [0.15, 0.2) is 24.3 Å². The van der Waals surface area contributed by atoms with Crippen molar-refractivity contribution in [1.82, 2.24) is 0 Å². The van der Waals surface area contributed by atoms with Gasteiger partial charge in [0.15, 0.2) is 0 Å². The molecule has 0 heterocycles. The van der Waals surface area contributed by atoms with E-state index >= 15 is 0 Å². The summed E-state index contributed by atoms with van der Waals surface area (Å²) in [5.74, 6) is 2.30. The summed E-state index contributed by atoms with van der Waals surface area (Å²) in [4.78, 5) is 11.8. The summed E-state index contributed by atoms with van der Waals surface area (Å²) in [6, 6.07) is 0. The van der Waals surface area contributed by atoms with E-state index in [0.29, 0.717) is 17.6 Å². The molecule has 4 aliphatic carbocycles. The van der Waals surface area contributed by atoms with Gasteiger partial charge >= 0.3 is 0 Å². The molecule has 1 fully saturated rings. The second-order valence-electron chi connectivity index (χ2n) is 4.15. The molecule has 1 saturated carbocycles. The standard InChI is InChI=1S/C11H12O/c12-11-8-2-1-3-9-7(6-8)4-5-10(9)11/h1-2,4-5,7-10H,3,6H2/t7-,8-,9?,10-/m0/s1. The van der Waals surface area contributed by atoms with Crippen molar-refractivity contribution in [3.05, 3.63) is 24.3 Å². The Hall–Kier alpha value is -0.850. The average Bonchev–Trinajstić information content (AvgIpc) is 2.27. The molecule has 4 atom stereocenters. The van der Waals surface area contributed by atoms with Crippen LogP contribution in [0.5, 0.6) is 0 Å². The Labute approximate surface area is 72.2 Å². The molecule has 0 radical (unpaired) electrons. The zero-order valence-electron chi connectivity index (χ0n) is 6.94. The fraction of sp³-hybridized carbons (Fsp3) is 0.545. The van der Waals surface area contributed by atoms with Gasteiger partial charge in [-0.05, 0) is 24.7 Å². The van der Waals surface area contributed by atoms with Crippen LogP contribution in [0.3, 0.4) is 0 Å². The van der Waals surface area contributed by atoms with Crippen molar-refractivity contribution in [2.24, 2.45) is 23.7 Å². The fourth-order valence-electron chi connectivity index (χ4n) is 2.92. The van der Waals surface area contributed by atoms with Crippen LogP contribution >= 0.6 is 0 Å². The minimum absolute atomic E-state index is 0.244. The molecule has 0 amide bonds. The Balaban J connectivity index is 2.10. The van der Waals surface area contributed by atoms with E-state index in [1.54, 1.807) is 0 Å². The molecule has 4 bridgehead atoms. The van der Waals surface area contributed by atoms with Crippen molar-refractivity contribution in [2.45, 2.75) is 12.8 Å². The minimum Gasteiger partial charge on any atom is -0.298 e. The normalized spacial score (nSPS) is 48.5. The first-order chi connectivity index (χ1) is 5.86. The first-order valence-electron chi connectivity index (χ1n) is 4.75. The summed E-state index contributed by atoms with van der Waals surface area (Å²) >= 11 is 0. The lowest BCUT2D eigenvalue weighted by Crippen LogP contribution is -2.32. The highest BCUT2D eigenvalue weighted by molar-refractivity contribution is 5.89. The summed E-state index contributed by atoms with van der Waals surface area (Å²) in [5, 5.41) is 0. The third-order valence-electron chi connectivity index (χ3n) is 3.57. The second kappa shape index (κ2) is 2.09. The van der Waals surface area contributed by atoms with Gasteiger partial charge in [-0.2, -0.15) is 0 Å². The third-order valence-corrected chi connectivity index (χ3v) is 3.57. The Kier molecular flexibility index (Phi) is 1.16. The van der Waals surface area contributed by atoms with Crippen LogP contribution in [0.1, 0.15) is 12.8 Å². The second-order valence-corrected chi connectivity index (χ2v) is 4.15. The molecule has 0 aromatic carbocycles. The van der Waals surface area contributed by atoms with Gasteiger partial charge in [-0.3, -0.25) is 4.79 Å². The SMILES string of the molecule is O=C1[C@H]2C=C[C@H]3C[C@@H]1C=CCC23. The Morgan fingerprint density at radius 1 is 1.25 bits per heavy atom. The number of carbonyl (C=O) groups excluding carboxylic acids is 1. The monoisotopic (exact) mass is 160 g/mol. The van der Waals surface area contributed by atoms with Crippen LogP contribution in [0, 0.1) is 23.7 Å².